The van der Waals surface area contributed by atoms with E-state index >= 15 is 0 Å². The van der Waals surface area contributed by atoms with E-state index in [0.717, 1.165) is 29.8 Å². The first-order valence-electron chi connectivity index (χ1n) is 8.72. The third-order valence-electron chi connectivity index (χ3n) is 5.04. The summed E-state index contributed by atoms with van der Waals surface area (Å²) in [5.74, 6) is 0.234. The van der Waals surface area contributed by atoms with Gasteiger partial charge < -0.3 is 0 Å². The standard InChI is InChI=1S/C18H25N5O/c1-18(2,3)11-22-15-8-7-13(20-16(15)21(4)17(22)24)12-10-19-23-9-5-6-14(12)23/h7-8,10,12,14H,5-6,9,11H2,1-4H3. The smallest absolute Gasteiger partial charge is 0.293 e. The Kier molecular flexibility index (Phi) is 3.34. The zero-order valence-corrected chi connectivity index (χ0v) is 14.9. The molecule has 0 bridgehead atoms. The zero-order chi connectivity index (χ0) is 17.1. The van der Waals surface area contributed by atoms with Crippen LogP contribution in [0.25, 0.3) is 11.2 Å². The van der Waals surface area contributed by atoms with Crippen LogP contribution >= 0.6 is 0 Å². The highest BCUT2D eigenvalue weighted by atomic mass is 16.1. The van der Waals surface area contributed by atoms with E-state index in [1.165, 1.54) is 6.42 Å². The van der Waals surface area contributed by atoms with E-state index in [2.05, 4.69) is 43.0 Å². The monoisotopic (exact) mass is 327 g/mol. The Bertz CT molecular complexity index is 870. The average molecular weight is 327 g/mol. The molecule has 0 N–H and O–H groups in total. The van der Waals surface area contributed by atoms with Gasteiger partial charge in [-0.15, -0.1) is 0 Å². The summed E-state index contributed by atoms with van der Waals surface area (Å²) in [5.41, 5.74) is 2.75. The number of hydrogen-bond donors (Lipinski definition) is 0. The summed E-state index contributed by atoms with van der Waals surface area (Å²) in [7, 11) is 1.81. The number of imidazole rings is 1. The maximum Gasteiger partial charge on any atom is 0.330 e. The van der Waals surface area contributed by atoms with Gasteiger partial charge in [0.15, 0.2) is 5.65 Å². The van der Waals surface area contributed by atoms with Crippen LogP contribution in [-0.2, 0) is 13.6 Å². The lowest BCUT2D eigenvalue weighted by Gasteiger charge is -2.20. The maximum atomic E-state index is 12.6. The fourth-order valence-corrected chi connectivity index (χ4v) is 3.92. The first-order chi connectivity index (χ1) is 11.3. The lowest BCUT2D eigenvalue weighted by Crippen LogP contribution is -2.27. The van der Waals surface area contributed by atoms with Gasteiger partial charge in [-0.05, 0) is 30.4 Å². The second kappa shape index (κ2) is 5.19. The predicted molar refractivity (Wildman–Crippen MR) is 95.4 cm³/mol. The van der Waals surface area contributed by atoms with Crippen LogP contribution in [0.2, 0.25) is 0 Å². The Labute approximate surface area is 141 Å². The zero-order valence-electron chi connectivity index (χ0n) is 14.9. The SMILES string of the molecule is Cn1c(=O)n(CC(C)(C)C)c2ccc(C3C=NN4CCCC34)nc21. The van der Waals surface area contributed by atoms with E-state index < -0.39 is 0 Å². The minimum Gasteiger partial charge on any atom is -0.293 e. The lowest BCUT2D eigenvalue weighted by molar-refractivity contribution is 0.283. The molecule has 6 heteroatoms. The molecule has 128 valence electrons. The first-order valence-corrected chi connectivity index (χ1v) is 8.72. The number of hydrazone groups is 1. The second-order valence-corrected chi connectivity index (χ2v) is 8.23. The molecular weight excluding hydrogens is 302 g/mol. The summed E-state index contributed by atoms with van der Waals surface area (Å²) >= 11 is 0. The molecule has 0 saturated carbocycles. The van der Waals surface area contributed by atoms with Crippen molar-refractivity contribution >= 4 is 17.4 Å². The van der Waals surface area contributed by atoms with Gasteiger partial charge in [0.25, 0.3) is 0 Å². The van der Waals surface area contributed by atoms with Crippen LogP contribution < -0.4 is 5.69 Å². The Balaban J connectivity index is 1.78. The molecule has 24 heavy (non-hydrogen) atoms. The molecule has 2 atom stereocenters. The Morgan fingerprint density at radius 1 is 1.29 bits per heavy atom. The van der Waals surface area contributed by atoms with Gasteiger partial charge >= 0.3 is 5.69 Å². The van der Waals surface area contributed by atoms with Gasteiger partial charge in [0.2, 0.25) is 0 Å². The summed E-state index contributed by atoms with van der Waals surface area (Å²) in [4.78, 5) is 17.5. The molecule has 1 saturated heterocycles. The number of fused-ring (bicyclic) bond motifs is 2. The third kappa shape index (κ3) is 2.36. The van der Waals surface area contributed by atoms with Crippen molar-refractivity contribution in [3.8, 4) is 0 Å². The van der Waals surface area contributed by atoms with Gasteiger partial charge in [0.1, 0.15) is 0 Å². The van der Waals surface area contributed by atoms with Crippen LogP contribution in [0.1, 0.15) is 45.2 Å². The largest absolute Gasteiger partial charge is 0.330 e. The molecular formula is C18H25N5O. The molecule has 4 heterocycles. The minimum absolute atomic E-state index is 0.00663. The van der Waals surface area contributed by atoms with E-state index in [9.17, 15) is 4.79 Å². The minimum atomic E-state index is 0.00663. The van der Waals surface area contributed by atoms with E-state index in [4.69, 9.17) is 4.98 Å². The molecule has 2 aliphatic heterocycles. The molecule has 2 aliphatic rings. The summed E-state index contributed by atoms with van der Waals surface area (Å²) in [6, 6.07) is 4.55. The summed E-state index contributed by atoms with van der Waals surface area (Å²) in [6.07, 6.45) is 4.37. The first kappa shape index (κ1) is 15.4. The summed E-state index contributed by atoms with van der Waals surface area (Å²) in [6.45, 7) is 8.16. The van der Waals surface area contributed by atoms with Crippen molar-refractivity contribution in [2.24, 2.45) is 17.6 Å². The highest BCUT2D eigenvalue weighted by molar-refractivity contribution is 5.75. The van der Waals surface area contributed by atoms with Crippen LogP contribution in [0.4, 0.5) is 0 Å². The van der Waals surface area contributed by atoms with Crippen molar-refractivity contribution in [2.75, 3.05) is 6.54 Å². The third-order valence-corrected chi connectivity index (χ3v) is 5.04. The van der Waals surface area contributed by atoms with Gasteiger partial charge in [0.05, 0.1) is 23.2 Å². The maximum absolute atomic E-state index is 12.6. The molecule has 0 radical (unpaired) electrons. The molecule has 2 unspecified atom stereocenters. The van der Waals surface area contributed by atoms with Crippen molar-refractivity contribution in [3.05, 3.63) is 28.3 Å². The topological polar surface area (TPSA) is 55.4 Å². The van der Waals surface area contributed by atoms with Gasteiger partial charge in [-0.1, -0.05) is 20.8 Å². The van der Waals surface area contributed by atoms with Gasteiger partial charge in [-0.3, -0.25) is 14.1 Å². The van der Waals surface area contributed by atoms with Crippen molar-refractivity contribution in [2.45, 2.75) is 52.1 Å². The van der Waals surface area contributed by atoms with E-state index in [1.807, 2.05) is 17.8 Å². The number of pyridine rings is 1. The molecule has 0 amide bonds. The number of nitrogens with zero attached hydrogens (tertiary/aromatic N) is 5. The number of aromatic nitrogens is 3. The predicted octanol–water partition coefficient (Wildman–Crippen LogP) is 2.33. The van der Waals surface area contributed by atoms with Crippen LogP contribution in [0, 0.1) is 5.41 Å². The van der Waals surface area contributed by atoms with Crippen molar-refractivity contribution in [1.29, 1.82) is 0 Å². The molecule has 4 rings (SSSR count). The Morgan fingerprint density at radius 3 is 2.83 bits per heavy atom. The van der Waals surface area contributed by atoms with Crippen molar-refractivity contribution in [1.82, 2.24) is 19.1 Å². The molecule has 6 nitrogen and oxygen atoms in total. The molecule has 0 spiro atoms. The van der Waals surface area contributed by atoms with Crippen molar-refractivity contribution in [3.63, 3.8) is 0 Å². The number of rotatable bonds is 2. The quantitative estimate of drug-likeness (QED) is 0.851. The highest BCUT2D eigenvalue weighted by Gasteiger charge is 2.36. The van der Waals surface area contributed by atoms with Crippen molar-refractivity contribution < 1.29 is 0 Å². The second-order valence-electron chi connectivity index (χ2n) is 8.23. The molecule has 0 aliphatic carbocycles. The number of hydrogen-bond acceptors (Lipinski definition) is 4. The molecule has 2 aromatic heterocycles. The Morgan fingerprint density at radius 2 is 2.08 bits per heavy atom. The molecule has 0 aromatic carbocycles. The van der Waals surface area contributed by atoms with Gasteiger partial charge in [0, 0.05) is 26.4 Å². The van der Waals surface area contributed by atoms with E-state index in [0.29, 0.717) is 12.6 Å². The van der Waals surface area contributed by atoms with Crippen LogP contribution in [0.3, 0.4) is 0 Å². The van der Waals surface area contributed by atoms with Crippen LogP contribution in [0.5, 0.6) is 0 Å². The Hall–Kier alpha value is -2.11. The van der Waals surface area contributed by atoms with E-state index in [1.54, 1.807) is 4.57 Å². The highest BCUT2D eigenvalue weighted by Crippen LogP contribution is 2.34. The van der Waals surface area contributed by atoms with Crippen LogP contribution in [-0.4, -0.2) is 37.9 Å². The lowest BCUT2D eigenvalue weighted by atomic mass is 9.96. The van der Waals surface area contributed by atoms with E-state index in [-0.39, 0.29) is 17.0 Å². The summed E-state index contributed by atoms with van der Waals surface area (Å²) < 4.78 is 3.51. The van der Waals surface area contributed by atoms with Crippen LogP contribution in [0.15, 0.2) is 22.0 Å². The van der Waals surface area contributed by atoms with Gasteiger partial charge in [-0.25, -0.2) is 9.78 Å². The fraction of sp³-hybridized carbons (Fsp3) is 0.611. The normalized spacial score (nSPS) is 23.4. The fourth-order valence-electron chi connectivity index (χ4n) is 3.92. The molecule has 2 aromatic rings. The summed E-state index contributed by atoms with van der Waals surface area (Å²) in [5, 5.41) is 6.70. The van der Waals surface area contributed by atoms with Gasteiger partial charge in [-0.2, -0.15) is 5.10 Å². The average Bonchev–Trinajstić information content (AvgIpc) is 3.17. The molecule has 1 fully saturated rings. The number of aryl methyl sites for hydroxylation is 1.